The fourth-order valence-electron chi connectivity index (χ4n) is 2.65. The number of rotatable bonds is 2. The van der Waals surface area contributed by atoms with Crippen LogP contribution in [0.25, 0.3) is 11.0 Å². The summed E-state index contributed by atoms with van der Waals surface area (Å²) in [6.07, 6.45) is 3.63. The maximum Gasteiger partial charge on any atom is 0.326 e. The van der Waals surface area contributed by atoms with E-state index >= 15 is 0 Å². The van der Waals surface area contributed by atoms with Crippen LogP contribution in [-0.4, -0.2) is 22.1 Å². The van der Waals surface area contributed by atoms with Crippen molar-refractivity contribution in [1.82, 2.24) is 14.9 Å². The minimum Gasteiger partial charge on any atom is -0.312 e. The third-order valence-corrected chi connectivity index (χ3v) is 4.20. The molecule has 2 heterocycles. The summed E-state index contributed by atoms with van der Waals surface area (Å²) in [5, 5.41) is 3.48. The van der Waals surface area contributed by atoms with Crippen LogP contribution < -0.4 is 11.0 Å². The molecule has 1 saturated heterocycles. The predicted molar refractivity (Wildman–Crippen MR) is 75.9 cm³/mol. The largest absolute Gasteiger partial charge is 0.326 e. The number of aromatic nitrogens is 2. The van der Waals surface area contributed by atoms with E-state index in [4.69, 9.17) is 0 Å². The van der Waals surface area contributed by atoms with Crippen molar-refractivity contribution in [3.05, 3.63) is 33.2 Å². The quantitative estimate of drug-likeness (QED) is 0.894. The molecule has 4 nitrogen and oxygen atoms in total. The van der Waals surface area contributed by atoms with Gasteiger partial charge in [-0.2, -0.15) is 0 Å². The standard InChI is InChI=1S/C13H16BrN3O/c14-10-5-3-6-11-12(10)17(13(18)16-11)8-9-4-1-2-7-15-9/h3,5-6,9,15H,1-2,4,7-8H2,(H,16,18). The lowest BCUT2D eigenvalue weighted by molar-refractivity contribution is 0.363. The Balaban J connectivity index is 2.00. The molecule has 0 bridgehead atoms. The van der Waals surface area contributed by atoms with E-state index in [2.05, 4.69) is 26.2 Å². The number of H-pyrrole nitrogens is 1. The molecule has 1 aromatic carbocycles. The number of hydrogen-bond donors (Lipinski definition) is 2. The number of aromatic amines is 1. The summed E-state index contributed by atoms with van der Waals surface area (Å²) in [5.74, 6) is 0. The molecule has 2 aromatic rings. The molecule has 3 rings (SSSR count). The Bertz CT molecular complexity index is 610. The lowest BCUT2D eigenvalue weighted by atomic mass is 10.1. The van der Waals surface area contributed by atoms with Gasteiger partial charge in [-0.3, -0.25) is 4.57 Å². The molecule has 1 unspecified atom stereocenters. The molecular formula is C13H16BrN3O. The molecule has 1 aromatic heterocycles. The number of fused-ring (bicyclic) bond motifs is 1. The average molecular weight is 310 g/mol. The van der Waals surface area contributed by atoms with Gasteiger partial charge in [0.05, 0.1) is 11.0 Å². The van der Waals surface area contributed by atoms with Gasteiger partial charge in [0.1, 0.15) is 0 Å². The van der Waals surface area contributed by atoms with E-state index in [-0.39, 0.29) is 5.69 Å². The van der Waals surface area contributed by atoms with Gasteiger partial charge in [-0.15, -0.1) is 0 Å². The molecule has 1 aliphatic heterocycles. The van der Waals surface area contributed by atoms with E-state index in [0.717, 1.165) is 35.0 Å². The first kappa shape index (κ1) is 12.0. The molecule has 0 amide bonds. The Morgan fingerprint density at radius 3 is 3.06 bits per heavy atom. The molecule has 0 radical (unpaired) electrons. The smallest absolute Gasteiger partial charge is 0.312 e. The van der Waals surface area contributed by atoms with Crippen LogP contribution in [0.5, 0.6) is 0 Å². The highest BCUT2D eigenvalue weighted by Gasteiger charge is 2.17. The second kappa shape index (κ2) is 4.90. The molecule has 1 fully saturated rings. The first-order chi connectivity index (χ1) is 8.75. The summed E-state index contributed by atoms with van der Waals surface area (Å²) in [5.41, 5.74) is 1.84. The number of nitrogens with zero attached hydrogens (tertiary/aromatic N) is 1. The Labute approximate surface area is 114 Å². The van der Waals surface area contributed by atoms with Crippen LogP contribution in [-0.2, 0) is 6.54 Å². The molecule has 1 atom stereocenters. The molecule has 0 saturated carbocycles. The summed E-state index contributed by atoms with van der Waals surface area (Å²) in [6.45, 7) is 1.80. The van der Waals surface area contributed by atoms with Gasteiger partial charge in [0.15, 0.2) is 0 Å². The van der Waals surface area contributed by atoms with Crippen molar-refractivity contribution in [2.45, 2.75) is 31.8 Å². The zero-order valence-corrected chi connectivity index (χ0v) is 11.7. The maximum atomic E-state index is 12.0. The highest BCUT2D eigenvalue weighted by atomic mass is 79.9. The Morgan fingerprint density at radius 1 is 1.39 bits per heavy atom. The van der Waals surface area contributed by atoms with E-state index in [1.807, 2.05) is 22.8 Å². The Hall–Kier alpha value is -1.07. The minimum absolute atomic E-state index is 0.0238. The van der Waals surface area contributed by atoms with Gasteiger partial charge in [-0.1, -0.05) is 12.5 Å². The fourth-order valence-corrected chi connectivity index (χ4v) is 3.23. The van der Waals surface area contributed by atoms with Crippen LogP contribution in [0.2, 0.25) is 0 Å². The summed E-state index contributed by atoms with van der Waals surface area (Å²) in [4.78, 5) is 14.9. The second-order valence-electron chi connectivity index (χ2n) is 4.82. The SMILES string of the molecule is O=c1[nH]c2cccc(Br)c2n1CC1CCCCN1. The molecule has 2 N–H and O–H groups in total. The number of hydrogen-bond acceptors (Lipinski definition) is 2. The third kappa shape index (κ3) is 2.12. The average Bonchev–Trinajstić information content (AvgIpc) is 2.69. The van der Waals surface area contributed by atoms with E-state index in [0.29, 0.717) is 6.04 Å². The van der Waals surface area contributed by atoms with Gasteiger partial charge in [0, 0.05) is 17.1 Å². The predicted octanol–water partition coefficient (Wildman–Crippen LogP) is 2.23. The van der Waals surface area contributed by atoms with Gasteiger partial charge in [-0.25, -0.2) is 4.79 Å². The van der Waals surface area contributed by atoms with E-state index in [1.54, 1.807) is 0 Å². The van der Waals surface area contributed by atoms with Crippen LogP contribution >= 0.6 is 15.9 Å². The van der Waals surface area contributed by atoms with Crippen LogP contribution in [0.15, 0.2) is 27.5 Å². The Morgan fingerprint density at radius 2 is 2.28 bits per heavy atom. The monoisotopic (exact) mass is 309 g/mol. The lowest BCUT2D eigenvalue weighted by Gasteiger charge is -2.23. The van der Waals surface area contributed by atoms with Crippen molar-refractivity contribution in [2.24, 2.45) is 0 Å². The highest BCUT2D eigenvalue weighted by Crippen LogP contribution is 2.22. The van der Waals surface area contributed by atoms with Gasteiger partial charge < -0.3 is 10.3 Å². The molecule has 96 valence electrons. The number of imidazole rings is 1. The van der Waals surface area contributed by atoms with Crippen molar-refractivity contribution < 1.29 is 0 Å². The molecule has 18 heavy (non-hydrogen) atoms. The number of benzene rings is 1. The second-order valence-corrected chi connectivity index (χ2v) is 5.68. The first-order valence-electron chi connectivity index (χ1n) is 6.36. The van der Waals surface area contributed by atoms with Gasteiger partial charge in [0.2, 0.25) is 0 Å². The molecule has 0 spiro atoms. The van der Waals surface area contributed by atoms with Crippen LogP contribution in [0, 0.1) is 0 Å². The summed E-state index contributed by atoms with van der Waals surface area (Å²) in [6, 6.07) is 6.25. The van der Waals surface area contributed by atoms with Crippen molar-refractivity contribution >= 4 is 27.0 Å². The normalized spacial score (nSPS) is 20.4. The van der Waals surface area contributed by atoms with E-state index < -0.39 is 0 Å². The van der Waals surface area contributed by atoms with Crippen LogP contribution in [0.1, 0.15) is 19.3 Å². The highest BCUT2D eigenvalue weighted by molar-refractivity contribution is 9.10. The van der Waals surface area contributed by atoms with Crippen molar-refractivity contribution in [3.8, 4) is 0 Å². The zero-order valence-electron chi connectivity index (χ0n) is 10.1. The molecule has 1 aliphatic rings. The van der Waals surface area contributed by atoms with Crippen LogP contribution in [0.4, 0.5) is 0 Å². The molecular weight excluding hydrogens is 294 g/mol. The number of piperidine rings is 1. The summed E-state index contributed by atoms with van der Waals surface area (Å²) >= 11 is 3.53. The Kier molecular flexibility index (Phi) is 3.26. The van der Waals surface area contributed by atoms with Crippen LogP contribution in [0.3, 0.4) is 0 Å². The van der Waals surface area contributed by atoms with E-state index in [1.165, 1.54) is 12.8 Å². The minimum atomic E-state index is -0.0238. The molecule has 5 heteroatoms. The van der Waals surface area contributed by atoms with E-state index in [9.17, 15) is 4.79 Å². The lowest BCUT2D eigenvalue weighted by Crippen LogP contribution is -2.39. The fraction of sp³-hybridized carbons (Fsp3) is 0.462. The van der Waals surface area contributed by atoms with Gasteiger partial charge in [0.25, 0.3) is 0 Å². The van der Waals surface area contributed by atoms with Gasteiger partial charge >= 0.3 is 5.69 Å². The summed E-state index contributed by atoms with van der Waals surface area (Å²) in [7, 11) is 0. The number of nitrogens with one attached hydrogen (secondary N) is 2. The maximum absolute atomic E-state index is 12.0. The zero-order chi connectivity index (χ0) is 12.5. The number of para-hydroxylation sites is 1. The molecule has 0 aliphatic carbocycles. The van der Waals surface area contributed by atoms with Crippen molar-refractivity contribution in [2.75, 3.05) is 6.54 Å². The van der Waals surface area contributed by atoms with Crippen molar-refractivity contribution in [3.63, 3.8) is 0 Å². The van der Waals surface area contributed by atoms with Gasteiger partial charge in [-0.05, 0) is 47.4 Å². The first-order valence-corrected chi connectivity index (χ1v) is 7.15. The number of halogens is 1. The summed E-state index contributed by atoms with van der Waals surface area (Å²) < 4.78 is 2.80. The third-order valence-electron chi connectivity index (χ3n) is 3.56. The van der Waals surface area contributed by atoms with Crippen molar-refractivity contribution in [1.29, 1.82) is 0 Å². The topological polar surface area (TPSA) is 49.8 Å².